The summed E-state index contributed by atoms with van der Waals surface area (Å²) in [7, 11) is 2.08. The van der Waals surface area contributed by atoms with E-state index in [1.54, 1.807) is 0 Å². The molecular formula is C17H34N2O. The van der Waals surface area contributed by atoms with Crippen molar-refractivity contribution >= 4 is 0 Å². The molecule has 2 aliphatic rings. The Kier molecular flexibility index (Phi) is 4.83. The van der Waals surface area contributed by atoms with Gasteiger partial charge in [0.25, 0.3) is 0 Å². The lowest BCUT2D eigenvalue weighted by Gasteiger charge is -2.34. The highest BCUT2D eigenvalue weighted by Crippen LogP contribution is 2.43. The molecule has 0 aromatic carbocycles. The number of nitrogens with zero attached hydrogens (tertiary/aromatic N) is 1. The Morgan fingerprint density at radius 3 is 2.30 bits per heavy atom. The molecule has 0 bridgehead atoms. The van der Waals surface area contributed by atoms with Crippen LogP contribution in [0.4, 0.5) is 0 Å². The maximum Gasteiger partial charge on any atom is 0.0790 e. The molecule has 0 amide bonds. The van der Waals surface area contributed by atoms with Crippen molar-refractivity contribution in [3.63, 3.8) is 0 Å². The van der Waals surface area contributed by atoms with Gasteiger partial charge in [0.05, 0.1) is 11.2 Å². The molecule has 20 heavy (non-hydrogen) atoms. The van der Waals surface area contributed by atoms with Crippen molar-refractivity contribution in [1.29, 1.82) is 0 Å². The van der Waals surface area contributed by atoms with Crippen molar-refractivity contribution in [2.45, 2.75) is 83.6 Å². The van der Waals surface area contributed by atoms with Gasteiger partial charge in [-0.3, -0.25) is 4.90 Å². The van der Waals surface area contributed by atoms with Crippen LogP contribution in [0, 0.1) is 5.92 Å². The van der Waals surface area contributed by atoms with Crippen LogP contribution >= 0.6 is 0 Å². The van der Waals surface area contributed by atoms with E-state index in [0.29, 0.717) is 12.0 Å². The largest absolute Gasteiger partial charge is 0.368 e. The van der Waals surface area contributed by atoms with Crippen LogP contribution in [-0.4, -0.2) is 48.3 Å². The van der Waals surface area contributed by atoms with Gasteiger partial charge in [-0.15, -0.1) is 0 Å². The molecule has 0 spiro atoms. The second-order valence-corrected chi connectivity index (χ2v) is 7.76. The van der Waals surface area contributed by atoms with Gasteiger partial charge in [0.1, 0.15) is 0 Å². The van der Waals surface area contributed by atoms with E-state index in [2.05, 4.69) is 51.9 Å². The van der Waals surface area contributed by atoms with Crippen LogP contribution in [0.1, 0.15) is 60.3 Å². The number of hydrogen-bond donors (Lipinski definition) is 1. The van der Waals surface area contributed by atoms with Crippen molar-refractivity contribution < 1.29 is 4.74 Å². The smallest absolute Gasteiger partial charge is 0.0790 e. The van der Waals surface area contributed by atoms with Gasteiger partial charge in [0.15, 0.2) is 0 Å². The fourth-order valence-electron chi connectivity index (χ4n) is 4.05. The first-order valence-corrected chi connectivity index (χ1v) is 8.43. The van der Waals surface area contributed by atoms with Gasteiger partial charge >= 0.3 is 0 Å². The number of hydrogen-bond acceptors (Lipinski definition) is 3. The first-order valence-electron chi connectivity index (χ1n) is 8.43. The molecule has 1 aliphatic heterocycles. The van der Waals surface area contributed by atoms with Crippen molar-refractivity contribution in [2.75, 3.05) is 20.1 Å². The summed E-state index contributed by atoms with van der Waals surface area (Å²) in [4.78, 5) is 2.73. The maximum absolute atomic E-state index is 6.37. The topological polar surface area (TPSA) is 24.5 Å². The molecule has 0 radical (unpaired) electrons. The number of ether oxygens (including phenoxy) is 1. The summed E-state index contributed by atoms with van der Waals surface area (Å²) >= 11 is 0. The normalized spacial score (nSPS) is 31.9. The van der Waals surface area contributed by atoms with Gasteiger partial charge in [0, 0.05) is 24.5 Å². The highest BCUT2D eigenvalue weighted by molar-refractivity contribution is 5.06. The molecule has 2 fully saturated rings. The molecule has 2 atom stereocenters. The minimum Gasteiger partial charge on any atom is -0.368 e. The molecule has 118 valence electrons. The quantitative estimate of drug-likeness (QED) is 0.777. The molecule has 1 saturated heterocycles. The van der Waals surface area contributed by atoms with Crippen molar-refractivity contribution in [2.24, 2.45) is 5.92 Å². The first kappa shape index (κ1) is 16.3. The van der Waals surface area contributed by atoms with E-state index in [4.69, 9.17) is 4.74 Å². The van der Waals surface area contributed by atoms with Gasteiger partial charge < -0.3 is 10.1 Å². The van der Waals surface area contributed by atoms with Crippen molar-refractivity contribution in [3.8, 4) is 0 Å². The SMILES string of the molecule is CCCCN(CC1C(NC)C(C)(C)OC1(C)C)C1CC1. The van der Waals surface area contributed by atoms with E-state index < -0.39 is 0 Å². The summed E-state index contributed by atoms with van der Waals surface area (Å²) < 4.78 is 6.37. The van der Waals surface area contributed by atoms with Gasteiger partial charge in [-0.05, 0) is 60.5 Å². The highest BCUT2D eigenvalue weighted by Gasteiger charge is 2.53. The summed E-state index contributed by atoms with van der Waals surface area (Å²) in [6, 6.07) is 1.28. The van der Waals surface area contributed by atoms with E-state index in [-0.39, 0.29) is 11.2 Å². The standard InChI is InChI=1S/C17H34N2O/c1-7-8-11-19(13-9-10-13)12-14-15(18-6)17(4,5)20-16(14,2)3/h13-15,18H,7-12H2,1-6H3. The summed E-state index contributed by atoms with van der Waals surface area (Å²) in [5.41, 5.74) is -0.126. The monoisotopic (exact) mass is 282 g/mol. The van der Waals surface area contributed by atoms with Crippen molar-refractivity contribution in [1.82, 2.24) is 10.2 Å². The summed E-state index contributed by atoms with van der Waals surface area (Å²) in [5.74, 6) is 0.556. The molecule has 1 saturated carbocycles. The summed E-state index contributed by atoms with van der Waals surface area (Å²) in [6.07, 6.45) is 5.39. The average Bonchev–Trinajstić information content (AvgIpc) is 3.12. The molecule has 1 heterocycles. The minimum absolute atomic E-state index is 0.0451. The molecule has 1 aliphatic carbocycles. The Balaban J connectivity index is 2.07. The van der Waals surface area contributed by atoms with Crippen LogP contribution in [0.3, 0.4) is 0 Å². The van der Waals surface area contributed by atoms with Crippen LogP contribution in [0.2, 0.25) is 0 Å². The lowest BCUT2D eigenvalue weighted by atomic mass is 9.82. The second kappa shape index (κ2) is 5.94. The third-order valence-electron chi connectivity index (χ3n) is 5.17. The van der Waals surface area contributed by atoms with Crippen LogP contribution < -0.4 is 5.32 Å². The maximum atomic E-state index is 6.37. The minimum atomic E-state index is -0.0805. The lowest BCUT2D eigenvalue weighted by Crippen LogP contribution is -2.50. The Labute approximate surface area is 125 Å². The van der Waals surface area contributed by atoms with E-state index in [0.717, 1.165) is 6.04 Å². The van der Waals surface area contributed by atoms with E-state index in [9.17, 15) is 0 Å². The lowest BCUT2D eigenvalue weighted by molar-refractivity contribution is -0.0795. The number of likely N-dealkylation sites (N-methyl/N-ethyl adjacent to an activating group) is 1. The van der Waals surface area contributed by atoms with Crippen LogP contribution in [-0.2, 0) is 4.74 Å². The molecule has 2 unspecified atom stereocenters. The number of unbranched alkanes of at least 4 members (excludes halogenated alkanes) is 1. The van der Waals surface area contributed by atoms with Gasteiger partial charge in [-0.2, -0.15) is 0 Å². The number of nitrogens with one attached hydrogen (secondary N) is 1. The van der Waals surface area contributed by atoms with Gasteiger partial charge in [-0.25, -0.2) is 0 Å². The van der Waals surface area contributed by atoms with Crippen LogP contribution in [0.15, 0.2) is 0 Å². The highest BCUT2D eigenvalue weighted by atomic mass is 16.5. The van der Waals surface area contributed by atoms with Crippen molar-refractivity contribution in [3.05, 3.63) is 0 Å². The van der Waals surface area contributed by atoms with Crippen LogP contribution in [0.25, 0.3) is 0 Å². The Morgan fingerprint density at radius 1 is 1.15 bits per heavy atom. The van der Waals surface area contributed by atoms with Crippen LogP contribution in [0.5, 0.6) is 0 Å². The fourth-order valence-corrected chi connectivity index (χ4v) is 4.05. The zero-order valence-electron chi connectivity index (χ0n) is 14.3. The molecule has 0 aromatic rings. The summed E-state index contributed by atoms with van der Waals surface area (Å²) in [5, 5.41) is 3.53. The fraction of sp³-hybridized carbons (Fsp3) is 1.00. The zero-order chi connectivity index (χ0) is 15.0. The summed E-state index contributed by atoms with van der Waals surface area (Å²) in [6.45, 7) is 13.7. The van der Waals surface area contributed by atoms with Gasteiger partial charge in [-0.1, -0.05) is 13.3 Å². The predicted molar refractivity (Wildman–Crippen MR) is 85.1 cm³/mol. The molecule has 3 nitrogen and oxygen atoms in total. The third kappa shape index (κ3) is 3.37. The molecular weight excluding hydrogens is 248 g/mol. The second-order valence-electron chi connectivity index (χ2n) is 7.76. The Morgan fingerprint density at radius 2 is 1.80 bits per heavy atom. The average molecular weight is 282 g/mol. The predicted octanol–water partition coefficient (Wildman–Crippen LogP) is 3.04. The van der Waals surface area contributed by atoms with E-state index >= 15 is 0 Å². The molecule has 3 heteroatoms. The molecule has 0 aromatic heterocycles. The molecule has 1 N–H and O–H groups in total. The zero-order valence-corrected chi connectivity index (χ0v) is 14.3. The van der Waals surface area contributed by atoms with Gasteiger partial charge in [0.2, 0.25) is 0 Å². The van der Waals surface area contributed by atoms with E-state index in [1.165, 1.54) is 38.8 Å². The Hall–Kier alpha value is -0.120. The first-order chi connectivity index (χ1) is 9.31. The van der Waals surface area contributed by atoms with E-state index in [1.807, 2.05) is 0 Å². The molecule has 2 rings (SSSR count). The number of rotatable bonds is 7. The Bertz CT molecular complexity index is 323. The third-order valence-corrected chi connectivity index (χ3v) is 5.17.